The molecule has 0 bridgehead atoms. The summed E-state index contributed by atoms with van der Waals surface area (Å²) in [5.74, 6) is 1.67. The van der Waals surface area contributed by atoms with E-state index in [1.54, 1.807) is 5.01 Å². The van der Waals surface area contributed by atoms with Gasteiger partial charge in [-0.2, -0.15) is 0 Å². The molecule has 13 heteroatoms. The number of ether oxygens (including phenoxy) is 1. The van der Waals surface area contributed by atoms with E-state index in [-0.39, 0.29) is 24.3 Å². The van der Waals surface area contributed by atoms with E-state index in [0.717, 1.165) is 50.8 Å². The van der Waals surface area contributed by atoms with Gasteiger partial charge < -0.3 is 26.0 Å². The topological polar surface area (TPSA) is 145 Å². The maximum atomic E-state index is 14.2. The van der Waals surface area contributed by atoms with E-state index in [2.05, 4.69) is 30.9 Å². The molecule has 12 nitrogen and oxygen atoms in total. The Hall–Kier alpha value is -4.10. The van der Waals surface area contributed by atoms with Crippen LogP contribution in [0.4, 0.5) is 21.7 Å². The van der Waals surface area contributed by atoms with Crippen molar-refractivity contribution in [2.75, 3.05) is 48.4 Å². The van der Waals surface area contributed by atoms with Gasteiger partial charge in [0.25, 0.3) is 5.91 Å². The standard InChI is InChI=1S/C27H33FN10O2/c28-19-15-30-9-8-20(19)34-27(39)22-16-31-26-21(14-24(36-38(22)26)32-18-6-4-17(29)5-7-18)33-23-2-1-3-25(35-23)37-10-12-40-13-11-37/h1-3,8-9,14-15,17-18,22H,4-7,10-13,16,29H2,(H,32,36)(H,33,35)(H,30,34,39). The number of carbonyl (C=O) groups excluding carboxylic acids is 1. The largest absolute Gasteiger partial charge is 0.378 e. The van der Waals surface area contributed by atoms with E-state index < -0.39 is 17.8 Å². The number of aromatic nitrogens is 2. The summed E-state index contributed by atoms with van der Waals surface area (Å²) in [5.41, 5.74) is 10.1. The molecular weight excluding hydrogens is 515 g/mol. The van der Waals surface area contributed by atoms with Gasteiger partial charge in [-0.15, -0.1) is 0 Å². The van der Waals surface area contributed by atoms with Crippen LogP contribution in [-0.2, 0) is 9.53 Å². The first-order chi connectivity index (χ1) is 19.5. The molecule has 2 fully saturated rings. The third kappa shape index (κ3) is 5.75. The summed E-state index contributed by atoms with van der Waals surface area (Å²) in [6.07, 6.45) is 8.04. The van der Waals surface area contributed by atoms with Crippen molar-refractivity contribution in [2.45, 2.75) is 43.8 Å². The Morgan fingerprint density at radius 3 is 2.80 bits per heavy atom. The Bertz CT molecular complexity index is 1330. The fourth-order valence-corrected chi connectivity index (χ4v) is 5.26. The predicted molar refractivity (Wildman–Crippen MR) is 151 cm³/mol. The van der Waals surface area contributed by atoms with Crippen LogP contribution in [0.2, 0.25) is 0 Å². The van der Waals surface area contributed by atoms with Crippen LogP contribution < -0.4 is 26.7 Å². The van der Waals surface area contributed by atoms with Crippen molar-refractivity contribution in [3.8, 4) is 0 Å². The molecule has 1 saturated carbocycles. The number of nitrogens with zero attached hydrogens (tertiary/aromatic N) is 6. The highest BCUT2D eigenvalue weighted by Gasteiger charge is 2.39. The number of pyridine rings is 2. The van der Waals surface area contributed by atoms with Crippen LogP contribution in [0.3, 0.4) is 0 Å². The minimum absolute atomic E-state index is 0.0657. The van der Waals surface area contributed by atoms with E-state index in [4.69, 9.17) is 20.4 Å². The number of nitrogens with one attached hydrogen (secondary N) is 3. The van der Waals surface area contributed by atoms with Crippen LogP contribution >= 0.6 is 0 Å². The molecule has 2 aromatic rings. The third-order valence-electron chi connectivity index (χ3n) is 7.44. The van der Waals surface area contributed by atoms with Crippen molar-refractivity contribution in [3.63, 3.8) is 0 Å². The molecule has 0 aromatic carbocycles. The second-order valence-electron chi connectivity index (χ2n) is 10.3. The molecule has 0 spiro atoms. The number of amidine groups is 2. The number of hydrazine groups is 1. The zero-order chi connectivity index (χ0) is 27.5. The smallest absolute Gasteiger partial charge is 0.251 e. The number of rotatable bonds is 6. The number of morpholine rings is 1. The number of aliphatic imine (C=N–C) groups is 2. The molecule has 5 N–H and O–H groups in total. The quantitative estimate of drug-likeness (QED) is 0.423. The van der Waals surface area contributed by atoms with E-state index in [1.165, 1.54) is 12.3 Å². The molecule has 2 aromatic heterocycles. The fourth-order valence-electron chi connectivity index (χ4n) is 5.26. The monoisotopic (exact) mass is 548 g/mol. The van der Waals surface area contributed by atoms with E-state index >= 15 is 0 Å². The van der Waals surface area contributed by atoms with Crippen LogP contribution in [0.1, 0.15) is 25.7 Å². The number of hydrogen-bond donors (Lipinski definition) is 4. The SMILES string of the molecule is NC1CCC(N=C2C=C(Nc3cccc(N4CCOCC4)n3)C3=NCC(C(=O)Nc4ccncc4F)N3N2)CC1. The number of fused-ring (bicyclic) bond motifs is 1. The van der Waals surface area contributed by atoms with Crippen molar-refractivity contribution in [3.05, 3.63) is 54.2 Å². The zero-order valence-electron chi connectivity index (χ0n) is 22.1. The van der Waals surface area contributed by atoms with E-state index in [9.17, 15) is 9.18 Å². The van der Waals surface area contributed by atoms with Gasteiger partial charge >= 0.3 is 0 Å². The number of nitrogens with two attached hydrogens (primary N) is 1. The molecule has 0 radical (unpaired) electrons. The lowest BCUT2D eigenvalue weighted by atomic mass is 9.92. The van der Waals surface area contributed by atoms with Crippen molar-refractivity contribution in [2.24, 2.45) is 15.7 Å². The highest BCUT2D eigenvalue weighted by molar-refractivity contribution is 6.14. The van der Waals surface area contributed by atoms with Crippen molar-refractivity contribution < 1.29 is 13.9 Å². The number of hydrogen-bond acceptors (Lipinski definition) is 10. The Balaban J connectivity index is 1.25. The predicted octanol–water partition coefficient (Wildman–Crippen LogP) is 1.66. The molecular formula is C27H33FN10O2. The second-order valence-corrected chi connectivity index (χ2v) is 10.3. The average Bonchev–Trinajstić information content (AvgIpc) is 3.41. The van der Waals surface area contributed by atoms with Gasteiger partial charge in [0.05, 0.1) is 43.4 Å². The number of halogens is 1. The lowest BCUT2D eigenvalue weighted by Crippen LogP contribution is -2.57. The summed E-state index contributed by atoms with van der Waals surface area (Å²) in [4.78, 5) is 33.6. The fraction of sp³-hybridized carbons (Fsp3) is 0.444. The number of carbonyl (C=O) groups is 1. The number of amides is 1. The van der Waals surface area contributed by atoms with Crippen molar-refractivity contribution >= 4 is 34.9 Å². The van der Waals surface area contributed by atoms with Crippen LogP contribution in [0.25, 0.3) is 0 Å². The van der Waals surface area contributed by atoms with Gasteiger partial charge in [-0.3, -0.25) is 30.2 Å². The minimum Gasteiger partial charge on any atom is -0.378 e. The summed E-state index contributed by atoms with van der Waals surface area (Å²) in [6, 6.07) is 6.87. The van der Waals surface area contributed by atoms with Gasteiger partial charge in [-0.05, 0) is 43.9 Å². The van der Waals surface area contributed by atoms with Gasteiger partial charge in [0.15, 0.2) is 17.7 Å². The van der Waals surface area contributed by atoms with Crippen LogP contribution in [0, 0.1) is 5.82 Å². The maximum Gasteiger partial charge on any atom is 0.251 e. The van der Waals surface area contributed by atoms with Gasteiger partial charge in [0, 0.05) is 31.4 Å². The lowest BCUT2D eigenvalue weighted by Gasteiger charge is -2.33. The Morgan fingerprint density at radius 2 is 2.00 bits per heavy atom. The molecule has 5 heterocycles. The van der Waals surface area contributed by atoms with Crippen LogP contribution in [-0.4, -0.2) is 83.5 Å². The van der Waals surface area contributed by atoms with Crippen molar-refractivity contribution in [1.82, 2.24) is 20.4 Å². The van der Waals surface area contributed by atoms with Crippen LogP contribution in [0.5, 0.6) is 0 Å². The second kappa shape index (κ2) is 11.6. The number of anilines is 3. The summed E-state index contributed by atoms with van der Waals surface area (Å²) >= 11 is 0. The molecule has 4 aliphatic rings. The Kier molecular flexibility index (Phi) is 7.55. The summed E-state index contributed by atoms with van der Waals surface area (Å²) in [6.45, 7) is 3.08. The molecule has 6 rings (SSSR count). The molecule has 3 aliphatic heterocycles. The maximum absolute atomic E-state index is 14.2. The Morgan fingerprint density at radius 1 is 1.18 bits per heavy atom. The zero-order valence-corrected chi connectivity index (χ0v) is 22.1. The molecule has 1 amide bonds. The third-order valence-corrected chi connectivity index (χ3v) is 7.44. The molecule has 1 unspecified atom stereocenters. The van der Waals surface area contributed by atoms with E-state index in [1.807, 2.05) is 24.3 Å². The van der Waals surface area contributed by atoms with Crippen molar-refractivity contribution in [1.29, 1.82) is 0 Å². The normalized spacial score (nSPS) is 25.6. The summed E-state index contributed by atoms with van der Waals surface area (Å²) in [5, 5.41) is 7.76. The molecule has 40 heavy (non-hydrogen) atoms. The van der Waals surface area contributed by atoms with Gasteiger partial charge in [-0.25, -0.2) is 9.37 Å². The van der Waals surface area contributed by atoms with Gasteiger partial charge in [0.2, 0.25) is 0 Å². The average molecular weight is 549 g/mol. The summed E-state index contributed by atoms with van der Waals surface area (Å²) in [7, 11) is 0. The molecule has 210 valence electrons. The highest BCUT2D eigenvalue weighted by Crippen LogP contribution is 2.25. The van der Waals surface area contributed by atoms with E-state index in [0.29, 0.717) is 36.4 Å². The summed E-state index contributed by atoms with van der Waals surface area (Å²) < 4.78 is 19.7. The first-order valence-electron chi connectivity index (χ1n) is 13.7. The first-order valence-corrected chi connectivity index (χ1v) is 13.7. The van der Waals surface area contributed by atoms with Crippen LogP contribution in [0.15, 0.2) is 58.4 Å². The highest BCUT2D eigenvalue weighted by atomic mass is 19.1. The van der Waals surface area contributed by atoms with Gasteiger partial charge in [0.1, 0.15) is 17.5 Å². The molecule has 1 aliphatic carbocycles. The lowest BCUT2D eigenvalue weighted by molar-refractivity contribution is -0.119. The molecule has 1 atom stereocenters. The van der Waals surface area contributed by atoms with Gasteiger partial charge in [-0.1, -0.05) is 6.07 Å². The molecule has 1 saturated heterocycles. The minimum atomic E-state index is -0.717. The Labute approximate surface area is 231 Å². The first kappa shape index (κ1) is 26.1.